The summed E-state index contributed by atoms with van der Waals surface area (Å²) < 4.78 is 27.4. The SMILES string of the molecule is CCc1cccc(NS(=O)(=O)c2ccc(C(C)(C)C)cc2)n1. The van der Waals surface area contributed by atoms with Crippen molar-refractivity contribution in [3.8, 4) is 0 Å². The Morgan fingerprint density at radius 1 is 1.05 bits per heavy atom. The van der Waals surface area contributed by atoms with Crippen molar-refractivity contribution in [2.24, 2.45) is 0 Å². The van der Waals surface area contributed by atoms with Gasteiger partial charge in [0.1, 0.15) is 5.82 Å². The molecule has 2 rings (SSSR count). The van der Waals surface area contributed by atoms with Crippen LogP contribution in [0.25, 0.3) is 0 Å². The van der Waals surface area contributed by atoms with Crippen LogP contribution in [0, 0.1) is 0 Å². The number of hydrogen-bond donors (Lipinski definition) is 1. The average molecular weight is 318 g/mol. The zero-order valence-corrected chi connectivity index (χ0v) is 14.2. The van der Waals surface area contributed by atoms with Crippen LogP contribution >= 0.6 is 0 Å². The van der Waals surface area contributed by atoms with E-state index >= 15 is 0 Å². The van der Waals surface area contributed by atoms with Crippen molar-refractivity contribution in [2.45, 2.75) is 44.4 Å². The van der Waals surface area contributed by atoms with Crippen molar-refractivity contribution in [2.75, 3.05) is 4.72 Å². The van der Waals surface area contributed by atoms with Crippen molar-refractivity contribution in [1.29, 1.82) is 0 Å². The highest BCUT2D eigenvalue weighted by Gasteiger charge is 2.18. The van der Waals surface area contributed by atoms with Gasteiger partial charge in [-0.25, -0.2) is 13.4 Å². The largest absolute Gasteiger partial charge is 0.263 e. The first kappa shape index (κ1) is 16.5. The molecule has 22 heavy (non-hydrogen) atoms. The van der Waals surface area contributed by atoms with Crippen LogP contribution in [-0.4, -0.2) is 13.4 Å². The Morgan fingerprint density at radius 2 is 1.68 bits per heavy atom. The van der Waals surface area contributed by atoms with Gasteiger partial charge in [-0.15, -0.1) is 0 Å². The second-order valence-electron chi connectivity index (χ2n) is 6.25. The third-order valence-electron chi connectivity index (χ3n) is 3.44. The first-order valence-corrected chi connectivity index (χ1v) is 8.80. The Kier molecular flexibility index (Phi) is 4.56. The van der Waals surface area contributed by atoms with Crippen molar-refractivity contribution in [3.05, 3.63) is 53.7 Å². The highest BCUT2D eigenvalue weighted by atomic mass is 32.2. The molecule has 2 aromatic rings. The summed E-state index contributed by atoms with van der Waals surface area (Å²) in [6.45, 7) is 8.25. The number of sulfonamides is 1. The molecule has 0 aliphatic carbocycles. The molecule has 0 spiro atoms. The van der Waals surface area contributed by atoms with Gasteiger partial charge in [0.25, 0.3) is 10.0 Å². The van der Waals surface area contributed by atoms with E-state index in [9.17, 15) is 8.42 Å². The van der Waals surface area contributed by atoms with Crippen LogP contribution in [0.1, 0.15) is 39.0 Å². The summed E-state index contributed by atoms with van der Waals surface area (Å²) in [6.07, 6.45) is 0.760. The zero-order valence-electron chi connectivity index (χ0n) is 13.4. The zero-order chi connectivity index (χ0) is 16.4. The number of benzene rings is 1. The smallest absolute Gasteiger partial charge is 0.263 e. The predicted octanol–water partition coefficient (Wildman–Crippen LogP) is 3.74. The number of nitrogens with one attached hydrogen (secondary N) is 1. The molecule has 0 saturated carbocycles. The van der Waals surface area contributed by atoms with E-state index in [1.807, 2.05) is 25.1 Å². The molecule has 1 aromatic heterocycles. The van der Waals surface area contributed by atoms with Crippen LogP contribution in [0.3, 0.4) is 0 Å². The fourth-order valence-corrected chi connectivity index (χ4v) is 3.07. The monoisotopic (exact) mass is 318 g/mol. The lowest BCUT2D eigenvalue weighted by Crippen LogP contribution is -2.15. The molecule has 0 aliphatic heterocycles. The van der Waals surface area contributed by atoms with E-state index in [2.05, 4.69) is 30.5 Å². The topological polar surface area (TPSA) is 59.1 Å². The molecule has 5 heteroatoms. The Hall–Kier alpha value is -1.88. The number of pyridine rings is 1. The standard InChI is InChI=1S/C17H22N2O2S/c1-5-14-7-6-8-16(18-14)19-22(20,21)15-11-9-13(10-12-15)17(2,3)4/h6-12H,5H2,1-4H3,(H,18,19). The van der Waals surface area contributed by atoms with E-state index in [0.29, 0.717) is 5.82 Å². The van der Waals surface area contributed by atoms with Crippen LogP contribution in [0.4, 0.5) is 5.82 Å². The normalized spacial score (nSPS) is 12.2. The van der Waals surface area contributed by atoms with Gasteiger partial charge >= 0.3 is 0 Å². The van der Waals surface area contributed by atoms with Gasteiger partial charge in [-0.1, -0.05) is 45.9 Å². The minimum Gasteiger partial charge on any atom is -0.263 e. The summed E-state index contributed by atoms with van der Waals surface area (Å²) in [7, 11) is -3.61. The highest BCUT2D eigenvalue weighted by Crippen LogP contribution is 2.24. The first-order chi connectivity index (χ1) is 10.2. The second kappa shape index (κ2) is 6.08. The van der Waals surface area contributed by atoms with E-state index < -0.39 is 10.0 Å². The molecule has 0 amide bonds. The molecule has 0 bridgehead atoms. The summed E-state index contributed by atoms with van der Waals surface area (Å²) >= 11 is 0. The third kappa shape index (κ3) is 3.85. The molecule has 4 nitrogen and oxygen atoms in total. The van der Waals surface area contributed by atoms with Gasteiger partial charge in [0.05, 0.1) is 4.90 Å². The maximum absolute atomic E-state index is 12.4. The summed E-state index contributed by atoms with van der Waals surface area (Å²) in [6, 6.07) is 12.3. The highest BCUT2D eigenvalue weighted by molar-refractivity contribution is 7.92. The van der Waals surface area contributed by atoms with Gasteiger partial charge in [0, 0.05) is 5.69 Å². The molecule has 0 atom stereocenters. The third-order valence-corrected chi connectivity index (χ3v) is 4.81. The van der Waals surface area contributed by atoms with Crippen molar-refractivity contribution < 1.29 is 8.42 Å². The fraction of sp³-hybridized carbons (Fsp3) is 0.353. The number of anilines is 1. The van der Waals surface area contributed by atoms with Gasteiger partial charge in [0.2, 0.25) is 0 Å². The minimum absolute atomic E-state index is 0.00721. The quantitative estimate of drug-likeness (QED) is 0.934. The Morgan fingerprint density at radius 3 is 2.23 bits per heavy atom. The lowest BCUT2D eigenvalue weighted by molar-refractivity contribution is 0.587. The molecule has 0 aliphatic rings. The lowest BCUT2D eigenvalue weighted by atomic mass is 9.87. The minimum atomic E-state index is -3.61. The van der Waals surface area contributed by atoms with Gasteiger partial charge in [-0.05, 0) is 41.7 Å². The van der Waals surface area contributed by atoms with Crippen LogP contribution in [0.5, 0.6) is 0 Å². The van der Waals surface area contributed by atoms with E-state index in [4.69, 9.17) is 0 Å². The van der Waals surface area contributed by atoms with E-state index in [-0.39, 0.29) is 10.3 Å². The maximum atomic E-state index is 12.4. The second-order valence-corrected chi connectivity index (χ2v) is 7.93. The van der Waals surface area contributed by atoms with Crippen molar-refractivity contribution in [1.82, 2.24) is 4.98 Å². The Balaban J connectivity index is 2.26. The van der Waals surface area contributed by atoms with Gasteiger partial charge in [-0.3, -0.25) is 4.72 Å². The molecule has 0 radical (unpaired) electrons. The van der Waals surface area contributed by atoms with E-state index in [0.717, 1.165) is 17.7 Å². The number of rotatable bonds is 4. The van der Waals surface area contributed by atoms with Gasteiger partial charge in [-0.2, -0.15) is 0 Å². The van der Waals surface area contributed by atoms with E-state index in [1.54, 1.807) is 24.3 Å². The summed E-state index contributed by atoms with van der Waals surface area (Å²) in [4.78, 5) is 4.51. The van der Waals surface area contributed by atoms with Crippen LogP contribution in [0.2, 0.25) is 0 Å². The first-order valence-electron chi connectivity index (χ1n) is 7.31. The van der Waals surface area contributed by atoms with Crippen LogP contribution in [0.15, 0.2) is 47.4 Å². The molecule has 118 valence electrons. The van der Waals surface area contributed by atoms with Gasteiger partial charge in [0.15, 0.2) is 0 Å². The molecular formula is C17H22N2O2S. The number of aromatic nitrogens is 1. The van der Waals surface area contributed by atoms with Crippen molar-refractivity contribution in [3.63, 3.8) is 0 Å². The lowest BCUT2D eigenvalue weighted by Gasteiger charge is -2.19. The molecule has 1 aromatic carbocycles. The van der Waals surface area contributed by atoms with Gasteiger partial charge < -0.3 is 0 Å². The molecule has 0 saturated heterocycles. The van der Waals surface area contributed by atoms with Crippen LogP contribution < -0.4 is 4.72 Å². The summed E-state index contributed by atoms with van der Waals surface area (Å²) in [5, 5.41) is 0. The number of aryl methyl sites for hydroxylation is 1. The molecule has 0 unspecified atom stereocenters. The fourth-order valence-electron chi connectivity index (χ4n) is 2.06. The summed E-state index contributed by atoms with van der Waals surface area (Å²) in [5.74, 6) is 0.347. The average Bonchev–Trinajstić information content (AvgIpc) is 2.46. The van der Waals surface area contributed by atoms with E-state index in [1.165, 1.54) is 0 Å². The van der Waals surface area contributed by atoms with Crippen molar-refractivity contribution >= 4 is 15.8 Å². The molecule has 0 fully saturated rings. The van der Waals surface area contributed by atoms with Crippen LogP contribution in [-0.2, 0) is 21.9 Å². The number of hydrogen-bond acceptors (Lipinski definition) is 3. The maximum Gasteiger partial charge on any atom is 0.263 e. The molecule has 1 N–H and O–H groups in total. The predicted molar refractivity (Wildman–Crippen MR) is 89.6 cm³/mol. The molecular weight excluding hydrogens is 296 g/mol. The Bertz CT molecular complexity index is 745. The number of nitrogens with zero attached hydrogens (tertiary/aromatic N) is 1. The summed E-state index contributed by atoms with van der Waals surface area (Å²) in [5.41, 5.74) is 1.94. The molecule has 1 heterocycles. The Labute approximate surface area is 132 Å².